The molecule has 1 unspecified atom stereocenters. The van der Waals surface area contributed by atoms with Gasteiger partial charge in [0.25, 0.3) is 0 Å². The van der Waals surface area contributed by atoms with E-state index in [0.29, 0.717) is 49.4 Å². The van der Waals surface area contributed by atoms with Crippen LogP contribution in [-0.2, 0) is 59.0 Å². The normalized spacial score (nSPS) is 30.0. The summed E-state index contributed by atoms with van der Waals surface area (Å²) in [6.07, 6.45) is 7.85. The molecule has 5 rings (SSSR count). The summed E-state index contributed by atoms with van der Waals surface area (Å²) < 4.78 is 8.22. The van der Waals surface area contributed by atoms with Crippen LogP contribution in [0.25, 0.3) is 0 Å². The van der Waals surface area contributed by atoms with Crippen LogP contribution in [0.1, 0.15) is 75.8 Å². The van der Waals surface area contributed by atoms with Crippen molar-refractivity contribution in [3.8, 4) is 11.8 Å². The first kappa shape index (κ1) is 34.3. The zero-order valence-electron chi connectivity index (χ0n) is 25.1. The molecule has 0 aliphatic heterocycles. The van der Waals surface area contributed by atoms with E-state index in [9.17, 15) is 15.0 Å². The summed E-state index contributed by atoms with van der Waals surface area (Å²) in [4.78, 5) is 18.4. The van der Waals surface area contributed by atoms with Gasteiger partial charge in [0.05, 0.1) is 0 Å². The van der Waals surface area contributed by atoms with Gasteiger partial charge in [0.1, 0.15) is 5.60 Å². The molecular weight excluding hydrogens is 663 g/mol. The third-order valence-electron chi connectivity index (χ3n) is 10.2. The number of aliphatic hydroxyl groups is 1. The van der Waals surface area contributed by atoms with Crippen LogP contribution >= 0.6 is 0 Å². The number of allylic oxidation sites excluding steroid dienone is 4. The third-order valence-corrected chi connectivity index (χ3v) is 10.5. The molecular formula is C34H41N2O4S2Tc+. The van der Waals surface area contributed by atoms with Gasteiger partial charge in [-0.15, -0.1) is 5.92 Å². The topological polar surface area (TPSA) is 93.0 Å². The van der Waals surface area contributed by atoms with Gasteiger partial charge in [0.15, 0.2) is 5.78 Å². The molecule has 5 atom stereocenters. The van der Waals surface area contributed by atoms with Crippen LogP contribution in [0.4, 0.5) is 0 Å². The van der Waals surface area contributed by atoms with Crippen LogP contribution in [0, 0.1) is 29.1 Å². The van der Waals surface area contributed by atoms with Gasteiger partial charge in [-0.25, -0.2) is 0 Å². The van der Waals surface area contributed by atoms with Crippen molar-refractivity contribution in [3.63, 3.8) is 0 Å². The van der Waals surface area contributed by atoms with E-state index in [0.717, 1.165) is 62.9 Å². The third kappa shape index (κ3) is 7.16. The molecule has 9 heteroatoms. The molecule has 0 bridgehead atoms. The molecule has 0 spiro atoms. The monoisotopic (exact) mass is 704 g/mol. The molecule has 2 saturated carbocycles. The zero-order chi connectivity index (χ0) is 31.2. The van der Waals surface area contributed by atoms with E-state index in [2.05, 4.69) is 52.9 Å². The van der Waals surface area contributed by atoms with Crippen molar-refractivity contribution in [3.05, 3.63) is 58.2 Å². The maximum absolute atomic E-state index is 12.3. The van der Waals surface area contributed by atoms with Crippen molar-refractivity contribution >= 4 is 36.9 Å². The SMILES string of the molecule is CC#C[C@]1(O)CC[C@H]2C3CCC4=CC(=O)CCC4=C3[C@@H](c3ccc(CN(CC[S-])CC([O-])=NCC[S-])cc3)C[C@@]21C.[O]=[99Tc+4]. The van der Waals surface area contributed by atoms with Crippen molar-refractivity contribution in [2.24, 2.45) is 22.2 Å². The molecule has 1 aromatic rings. The van der Waals surface area contributed by atoms with Crippen LogP contribution in [0.2, 0.25) is 0 Å². The molecule has 43 heavy (non-hydrogen) atoms. The second-order valence-corrected chi connectivity index (χ2v) is 13.2. The first-order chi connectivity index (χ1) is 20.7. The Morgan fingerprint density at radius 1 is 1.16 bits per heavy atom. The summed E-state index contributed by atoms with van der Waals surface area (Å²) >= 11 is 11.0. The number of rotatable bonds is 9. The Bertz CT molecular complexity index is 1330. The number of fused-ring (bicyclic) bond motifs is 4. The summed E-state index contributed by atoms with van der Waals surface area (Å²) in [5, 5.41) is 24.2. The Kier molecular flexibility index (Phi) is 12.1. The minimum absolute atomic E-state index is 0.147. The molecule has 0 heterocycles. The van der Waals surface area contributed by atoms with Gasteiger partial charge in [-0.05, 0) is 98.1 Å². The van der Waals surface area contributed by atoms with E-state index in [1.54, 1.807) is 0 Å². The fourth-order valence-electron chi connectivity index (χ4n) is 8.24. The molecule has 6 nitrogen and oxygen atoms in total. The molecule has 0 radical (unpaired) electrons. The van der Waals surface area contributed by atoms with E-state index in [1.807, 2.05) is 13.0 Å². The van der Waals surface area contributed by atoms with E-state index in [4.69, 9.17) is 28.8 Å². The van der Waals surface area contributed by atoms with Gasteiger partial charge < -0.3 is 40.5 Å². The number of hydrogen-bond acceptors (Lipinski definition) is 8. The van der Waals surface area contributed by atoms with Gasteiger partial charge in [0, 0.05) is 37.4 Å². The predicted molar refractivity (Wildman–Crippen MR) is 168 cm³/mol. The Balaban J connectivity index is 0.00000207. The first-order valence-corrected chi connectivity index (χ1v) is 17.1. The standard InChI is InChI=1S/C34H44N2O3S2.O.Tc/c1-3-13-34(39)14-12-30-28-10-8-25-19-26(37)9-11-27(25)32(28)29(20-33(30,34)2)24-6-4-23(5-7-24)21-36(16-18-41)22-31(38)35-15-17-40;;/h4-7,19,28-30,39-41H,8-12,14-18,20-22H2,1-2H3,(H,35,38);;/q;;+4/p-3/t28?,29-,30+,33+,34+;;/m1../s1/i;;1+1. The number of nitrogens with zero attached hydrogens (tertiary/aromatic N) is 2. The number of ketones is 1. The van der Waals surface area contributed by atoms with Crippen molar-refractivity contribution in [1.82, 2.24) is 4.90 Å². The van der Waals surface area contributed by atoms with Crippen LogP contribution < -0.4 is 5.11 Å². The Morgan fingerprint density at radius 2 is 1.91 bits per heavy atom. The predicted octanol–water partition coefficient (Wildman–Crippen LogP) is 3.87. The number of hydrogen-bond donors (Lipinski definition) is 1. The van der Waals surface area contributed by atoms with Crippen molar-refractivity contribution < 1.29 is 37.4 Å². The number of carbonyl (C=O) groups excluding carboxylic acids is 1. The maximum atomic E-state index is 12.3. The molecule has 1 aromatic carbocycles. The Morgan fingerprint density at radius 3 is 2.58 bits per heavy atom. The second-order valence-electron chi connectivity index (χ2n) is 12.4. The molecule has 4 aliphatic rings. The van der Waals surface area contributed by atoms with Crippen molar-refractivity contribution in [2.75, 3.05) is 31.1 Å². The quantitative estimate of drug-likeness (QED) is 0.181. The van der Waals surface area contributed by atoms with Gasteiger partial charge in [-0.1, -0.05) is 42.7 Å². The molecule has 229 valence electrons. The van der Waals surface area contributed by atoms with Crippen LogP contribution in [0.3, 0.4) is 0 Å². The first-order valence-electron chi connectivity index (χ1n) is 15.2. The van der Waals surface area contributed by atoms with Crippen molar-refractivity contribution in [2.45, 2.75) is 76.9 Å². The van der Waals surface area contributed by atoms with Crippen LogP contribution in [0.5, 0.6) is 0 Å². The fourth-order valence-corrected chi connectivity index (χ4v) is 8.59. The van der Waals surface area contributed by atoms with Gasteiger partial charge in [0.2, 0.25) is 0 Å². The van der Waals surface area contributed by atoms with Crippen molar-refractivity contribution in [1.29, 1.82) is 0 Å². The zero-order valence-corrected chi connectivity index (χ0v) is 28.6. The van der Waals surface area contributed by atoms with Gasteiger partial charge >= 0.3 is 22.4 Å². The molecule has 2 fully saturated rings. The van der Waals surface area contributed by atoms with Crippen LogP contribution in [-0.4, -0.2) is 58.4 Å². The molecule has 4 aliphatic carbocycles. The fraction of sp³-hybridized carbons (Fsp3) is 0.588. The van der Waals surface area contributed by atoms with E-state index in [-0.39, 0.29) is 29.6 Å². The van der Waals surface area contributed by atoms with Gasteiger partial charge in [-0.3, -0.25) is 9.69 Å². The molecule has 0 saturated heterocycles. The number of aliphatic imine (C=N–C) groups is 1. The number of benzene rings is 1. The molecule has 1 N–H and O–H groups in total. The van der Waals surface area contributed by atoms with E-state index < -0.39 is 5.60 Å². The van der Waals surface area contributed by atoms with E-state index >= 15 is 0 Å². The minimum atomic E-state index is -0.979. The summed E-state index contributed by atoms with van der Waals surface area (Å²) in [6, 6.07) is 8.80. The van der Waals surface area contributed by atoms with Gasteiger partial charge in [-0.2, -0.15) is 11.5 Å². The average molecular weight is 705 g/mol. The second kappa shape index (κ2) is 15.2. The van der Waals surface area contributed by atoms with E-state index in [1.165, 1.54) is 22.3 Å². The Labute approximate surface area is 278 Å². The summed E-state index contributed by atoms with van der Waals surface area (Å²) in [5.74, 6) is 8.34. The molecule has 0 amide bonds. The van der Waals surface area contributed by atoms with Crippen LogP contribution in [0.15, 0.2) is 52.1 Å². The summed E-state index contributed by atoms with van der Waals surface area (Å²) in [5.41, 5.74) is 5.27. The summed E-state index contributed by atoms with van der Waals surface area (Å²) in [6.45, 7) is 6.01. The average Bonchev–Trinajstić information content (AvgIpc) is 3.26. The number of carbonyl (C=O) groups is 1. The summed E-state index contributed by atoms with van der Waals surface area (Å²) in [7, 11) is 0. The molecule has 0 aromatic heterocycles. The Hall–Kier alpha value is -1.53.